The fourth-order valence-corrected chi connectivity index (χ4v) is 2.65. The molecular weight excluding hydrogens is 296 g/mol. The van der Waals surface area contributed by atoms with Crippen LogP contribution in [0.15, 0.2) is 42.5 Å². The Morgan fingerprint density at radius 2 is 1.50 bits per heavy atom. The van der Waals surface area contributed by atoms with Gasteiger partial charge in [-0.2, -0.15) is 0 Å². The molecule has 24 heavy (non-hydrogen) atoms. The third-order valence-electron chi connectivity index (χ3n) is 4.22. The van der Waals surface area contributed by atoms with Crippen LogP contribution in [-0.2, 0) is 10.8 Å². The van der Waals surface area contributed by atoms with Gasteiger partial charge in [-0.3, -0.25) is 0 Å². The Labute approximate surface area is 145 Å². The minimum absolute atomic E-state index is 0.000234. The van der Waals surface area contributed by atoms with Crippen molar-refractivity contribution < 1.29 is 9.53 Å². The molecule has 2 heteroatoms. The Morgan fingerprint density at radius 3 is 2.04 bits per heavy atom. The van der Waals surface area contributed by atoms with Crippen molar-refractivity contribution in [3.05, 3.63) is 64.7 Å². The van der Waals surface area contributed by atoms with E-state index >= 15 is 0 Å². The highest BCUT2D eigenvalue weighted by atomic mass is 16.5. The maximum atomic E-state index is 12.7. The van der Waals surface area contributed by atoms with Crippen molar-refractivity contribution in [3.8, 4) is 5.75 Å². The van der Waals surface area contributed by atoms with Gasteiger partial charge in [0.25, 0.3) is 0 Å². The molecule has 0 unspecified atom stereocenters. The summed E-state index contributed by atoms with van der Waals surface area (Å²) in [7, 11) is 0. The molecule has 0 atom stereocenters. The molecular formula is C22H28O2. The van der Waals surface area contributed by atoms with E-state index in [2.05, 4.69) is 53.7 Å². The number of carbonyl (C=O) groups is 1. The van der Waals surface area contributed by atoms with Gasteiger partial charge >= 0.3 is 5.97 Å². The third-order valence-corrected chi connectivity index (χ3v) is 4.22. The number of hydrogen-bond donors (Lipinski definition) is 0. The lowest BCUT2D eigenvalue weighted by Gasteiger charge is -2.26. The van der Waals surface area contributed by atoms with Crippen molar-refractivity contribution in [2.24, 2.45) is 0 Å². The van der Waals surface area contributed by atoms with Gasteiger partial charge in [-0.15, -0.1) is 0 Å². The lowest BCUT2D eigenvalue weighted by atomic mass is 9.81. The molecule has 0 N–H and O–H groups in total. The van der Waals surface area contributed by atoms with Gasteiger partial charge in [0.1, 0.15) is 5.75 Å². The van der Waals surface area contributed by atoms with E-state index in [0.29, 0.717) is 11.3 Å². The Balaban J connectivity index is 2.47. The number of rotatable bonds is 2. The summed E-state index contributed by atoms with van der Waals surface area (Å²) in [5.41, 5.74) is 3.63. The second-order valence-corrected chi connectivity index (χ2v) is 8.42. The molecule has 0 aliphatic heterocycles. The van der Waals surface area contributed by atoms with Crippen molar-refractivity contribution in [1.29, 1.82) is 0 Å². The first-order chi connectivity index (χ1) is 11.0. The van der Waals surface area contributed by atoms with Crippen LogP contribution < -0.4 is 4.74 Å². The number of esters is 1. The summed E-state index contributed by atoms with van der Waals surface area (Å²) in [6, 6.07) is 13.7. The first kappa shape index (κ1) is 18.3. The number of aryl methyl sites for hydroxylation is 1. The van der Waals surface area contributed by atoms with Crippen molar-refractivity contribution in [2.45, 2.75) is 59.3 Å². The Hall–Kier alpha value is -2.09. The highest BCUT2D eigenvalue weighted by Gasteiger charge is 2.24. The molecule has 0 heterocycles. The summed E-state index contributed by atoms with van der Waals surface area (Å²) in [4.78, 5) is 12.7. The summed E-state index contributed by atoms with van der Waals surface area (Å²) in [6.45, 7) is 14.8. The van der Waals surface area contributed by atoms with Gasteiger partial charge in [-0.25, -0.2) is 4.79 Å². The van der Waals surface area contributed by atoms with Crippen LogP contribution >= 0.6 is 0 Å². The Bertz CT molecular complexity index is 743. The van der Waals surface area contributed by atoms with E-state index in [9.17, 15) is 4.79 Å². The number of carbonyl (C=O) groups excluding carboxylic acids is 1. The fraction of sp³-hybridized carbons (Fsp3) is 0.409. The molecule has 0 bridgehead atoms. The van der Waals surface area contributed by atoms with Crippen LogP contribution in [-0.4, -0.2) is 5.97 Å². The Morgan fingerprint density at radius 1 is 0.875 bits per heavy atom. The maximum Gasteiger partial charge on any atom is 0.343 e. The van der Waals surface area contributed by atoms with E-state index in [0.717, 1.165) is 16.7 Å². The van der Waals surface area contributed by atoms with E-state index < -0.39 is 0 Å². The first-order valence-corrected chi connectivity index (χ1v) is 8.43. The zero-order chi connectivity index (χ0) is 18.1. The summed E-state index contributed by atoms with van der Waals surface area (Å²) in [5, 5.41) is 0. The average molecular weight is 324 g/mol. The predicted octanol–water partition coefficient (Wildman–Crippen LogP) is 5.81. The molecule has 2 aromatic carbocycles. The average Bonchev–Trinajstić information content (AvgIpc) is 2.45. The van der Waals surface area contributed by atoms with E-state index in [1.165, 1.54) is 0 Å². The van der Waals surface area contributed by atoms with Crippen LogP contribution in [0.1, 0.15) is 68.6 Å². The SMILES string of the molecule is Cc1ccccc1C(=O)Oc1cc(C(C)(C)C)ccc1C(C)(C)C. The largest absolute Gasteiger partial charge is 0.423 e. The highest BCUT2D eigenvalue weighted by molar-refractivity contribution is 5.92. The summed E-state index contributed by atoms with van der Waals surface area (Å²) in [5.74, 6) is 0.354. The van der Waals surface area contributed by atoms with Gasteiger partial charge in [0.05, 0.1) is 5.56 Å². The van der Waals surface area contributed by atoms with Crippen molar-refractivity contribution in [3.63, 3.8) is 0 Å². The molecule has 2 aromatic rings. The lowest BCUT2D eigenvalue weighted by molar-refractivity contribution is 0.0731. The smallest absolute Gasteiger partial charge is 0.343 e. The molecule has 128 valence electrons. The Kier molecular flexibility index (Phi) is 4.89. The third kappa shape index (κ3) is 4.05. The molecule has 0 radical (unpaired) electrons. The second kappa shape index (κ2) is 6.43. The first-order valence-electron chi connectivity index (χ1n) is 8.43. The van der Waals surface area contributed by atoms with E-state index in [1.807, 2.05) is 37.3 Å². The maximum absolute atomic E-state index is 12.7. The number of benzene rings is 2. The molecule has 0 aliphatic rings. The van der Waals surface area contributed by atoms with E-state index in [1.54, 1.807) is 0 Å². The molecule has 0 saturated carbocycles. The van der Waals surface area contributed by atoms with E-state index in [-0.39, 0.29) is 16.8 Å². The molecule has 0 amide bonds. The van der Waals surface area contributed by atoms with Crippen LogP contribution in [0.4, 0.5) is 0 Å². The second-order valence-electron chi connectivity index (χ2n) is 8.42. The van der Waals surface area contributed by atoms with Crippen LogP contribution in [0.5, 0.6) is 5.75 Å². The zero-order valence-corrected chi connectivity index (χ0v) is 15.9. The standard InChI is InChI=1S/C22H28O2/c1-15-10-8-9-11-17(15)20(23)24-19-14-16(21(2,3)4)12-13-18(19)22(5,6)7/h8-14H,1-7H3. The van der Waals surface area contributed by atoms with Gasteiger partial charge < -0.3 is 4.74 Å². The minimum Gasteiger partial charge on any atom is -0.423 e. The zero-order valence-electron chi connectivity index (χ0n) is 15.9. The van der Waals surface area contributed by atoms with E-state index in [4.69, 9.17) is 4.74 Å². The summed E-state index contributed by atoms with van der Waals surface area (Å²) >= 11 is 0. The van der Waals surface area contributed by atoms with Gasteiger partial charge in [-0.1, -0.05) is 71.9 Å². The summed E-state index contributed by atoms with van der Waals surface area (Å²) in [6.07, 6.45) is 0. The topological polar surface area (TPSA) is 26.3 Å². The van der Waals surface area contributed by atoms with Crippen LogP contribution in [0.2, 0.25) is 0 Å². The summed E-state index contributed by atoms with van der Waals surface area (Å²) < 4.78 is 5.84. The highest BCUT2D eigenvalue weighted by Crippen LogP contribution is 2.35. The molecule has 0 saturated heterocycles. The quantitative estimate of drug-likeness (QED) is 0.515. The molecule has 0 aromatic heterocycles. The number of hydrogen-bond acceptors (Lipinski definition) is 2. The predicted molar refractivity (Wildman–Crippen MR) is 100.0 cm³/mol. The van der Waals surface area contributed by atoms with Gasteiger partial charge in [-0.05, 0) is 41.0 Å². The fourth-order valence-electron chi connectivity index (χ4n) is 2.65. The van der Waals surface area contributed by atoms with Crippen LogP contribution in [0.25, 0.3) is 0 Å². The normalized spacial score (nSPS) is 12.1. The minimum atomic E-state index is -0.301. The van der Waals surface area contributed by atoms with Crippen LogP contribution in [0.3, 0.4) is 0 Å². The van der Waals surface area contributed by atoms with Gasteiger partial charge in [0.15, 0.2) is 0 Å². The molecule has 2 rings (SSSR count). The lowest BCUT2D eigenvalue weighted by Crippen LogP contribution is -2.19. The number of ether oxygens (including phenoxy) is 1. The van der Waals surface area contributed by atoms with Crippen molar-refractivity contribution in [2.75, 3.05) is 0 Å². The van der Waals surface area contributed by atoms with Crippen LogP contribution in [0, 0.1) is 6.92 Å². The monoisotopic (exact) mass is 324 g/mol. The molecule has 2 nitrogen and oxygen atoms in total. The van der Waals surface area contributed by atoms with Crippen molar-refractivity contribution >= 4 is 5.97 Å². The molecule has 0 fully saturated rings. The van der Waals surface area contributed by atoms with Gasteiger partial charge in [0, 0.05) is 5.56 Å². The van der Waals surface area contributed by atoms with Crippen molar-refractivity contribution in [1.82, 2.24) is 0 Å². The molecule has 0 spiro atoms. The molecule has 0 aliphatic carbocycles. The van der Waals surface area contributed by atoms with Gasteiger partial charge in [0.2, 0.25) is 0 Å².